The van der Waals surface area contributed by atoms with Gasteiger partial charge in [-0.05, 0) is 25.5 Å². The van der Waals surface area contributed by atoms with Crippen molar-refractivity contribution in [2.45, 2.75) is 19.4 Å². The molecule has 2 N–H and O–H groups in total. The summed E-state index contributed by atoms with van der Waals surface area (Å²) >= 11 is 0. The Morgan fingerprint density at radius 3 is 2.74 bits per heavy atom. The smallest absolute Gasteiger partial charge is 0.242 e. The van der Waals surface area contributed by atoms with Gasteiger partial charge in [-0.25, -0.2) is 0 Å². The number of hydrogen-bond acceptors (Lipinski definition) is 4. The minimum Gasteiger partial charge on any atom is -0.495 e. The van der Waals surface area contributed by atoms with Gasteiger partial charge in [-0.1, -0.05) is 12.1 Å². The van der Waals surface area contributed by atoms with Crippen LogP contribution in [0.2, 0.25) is 0 Å². The molecule has 0 radical (unpaired) electrons. The molecule has 19 heavy (non-hydrogen) atoms. The quantitative estimate of drug-likeness (QED) is 0.702. The van der Waals surface area contributed by atoms with Gasteiger partial charge in [0.1, 0.15) is 11.8 Å². The number of para-hydroxylation sites is 2. The van der Waals surface area contributed by atoms with Gasteiger partial charge in [-0.3, -0.25) is 4.79 Å². The van der Waals surface area contributed by atoms with Gasteiger partial charge >= 0.3 is 0 Å². The number of amides is 1. The third-order valence-electron chi connectivity index (χ3n) is 2.70. The van der Waals surface area contributed by atoms with Crippen molar-refractivity contribution in [3.8, 4) is 5.75 Å². The molecule has 1 atom stereocenters. The fraction of sp³-hybridized carbons (Fsp3) is 0.500. The lowest BCUT2D eigenvalue weighted by atomic mass is 10.2. The van der Waals surface area contributed by atoms with Gasteiger partial charge in [0.2, 0.25) is 5.91 Å². The minimum absolute atomic E-state index is 0.0398. The van der Waals surface area contributed by atoms with Crippen LogP contribution < -0.4 is 15.4 Å². The zero-order chi connectivity index (χ0) is 14.1. The molecule has 1 unspecified atom stereocenters. The Bertz CT molecular complexity index is 396. The van der Waals surface area contributed by atoms with Crippen LogP contribution in [-0.4, -0.2) is 39.3 Å². The monoisotopic (exact) mass is 266 g/mol. The summed E-state index contributed by atoms with van der Waals surface area (Å²) in [4.78, 5) is 11.9. The van der Waals surface area contributed by atoms with E-state index in [9.17, 15) is 4.79 Å². The number of benzene rings is 1. The largest absolute Gasteiger partial charge is 0.495 e. The zero-order valence-corrected chi connectivity index (χ0v) is 11.7. The summed E-state index contributed by atoms with van der Waals surface area (Å²) in [6.07, 6.45) is 0.809. The topological polar surface area (TPSA) is 59.6 Å². The molecule has 106 valence electrons. The van der Waals surface area contributed by atoms with Crippen molar-refractivity contribution in [1.29, 1.82) is 0 Å². The van der Waals surface area contributed by atoms with E-state index in [1.54, 1.807) is 14.2 Å². The summed E-state index contributed by atoms with van der Waals surface area (Å²) in [5.74, 6) is 0.684. The Labute approximate surface area is 114 Å². The Morgan fingerprint density at radius 2 is 2.05 bits per heavy atom. The molecule has 5 nitrogen and oxygen atoms in total. The van der Waals surface area contributed by atoms with Crippen molar-refractivity contribution in [1.82, 2.24) is 5.32 Å². The van der Waals surface area contributed by atoms with Crippen molar-refractivity contribution in [2.75, 3.05) is 32.7 Å². The Hall–Kier alpha value is -1.75. The second-order valence-corrected chi connectivity index (χ2v) is 4.20. The molecule has 0 spiro atoms. The van der Waals surface area contributed by atoms with Crippen molar-refractivity contribution >= 4 is 11.6 Å². The molecular weight excluding hydrogens is 244 g/mol. The lowest BCUT2D eigenvalue weighted by Crippen LogP contribution is -2.38. The molecule has 0 aliphatic rings. The number of rotatable bonds is 8. The van der Waals surface area contributed by atoms with Crippen LogP contribution in [0.4, 0.5) is 5.69 Å². The van der Waals surface area contributed by atoms with Crippen LogP contribution in [0.3, 0.4) is 0 Å². The van der Waals surface area contributed by atoms with E-state index in [2.05, 4.69) is 10.6 Å². The number of anilines is 1. The number of hydrogen-bond donors (Lipinski definition) is 2. The Balaban J connectivity index is 2.45. The van der Waals surface area contributed by atoms with Gasteiger partial charge in [-0.15, -0.1) is 0 Å². The van der Waals surface area contributed by atoms with Crippen molar-refractivity contribution in [3.63, 3.8) is 0 Å². The molecular formula is C14H22N2O3. The van der Waals surface area contributed by atoms with Gasteiger partial charge in [-0.2, -0.15) is 0 Å². The number of methoxy groups -OCH3 is 2. The SMILES string of the molecule is COCCCNC(=O)C(C)Nc1ccccc1OC. The third-order valence-corrected chi connectivity index (χ3v) is 2.70. The first-order valence-electron chi connectivity index (χ1n) is 6.35. The summed E-state index contributed by atoms with van der Waals surface area (Å²) in [5.41, 5.74) is 0.810. The second-order valence-electron chi connectivity index (χ2n) is 4.20. The predicted octanol–water partition coefficient (Wildman–Crippen LogP) is 1.65. The molecule has 1 amide bonds. The molecule has 0 fully saturated rings. The third kappa shape index (κ3) is 5.18. The second kappa shape index (κ2) is 8.37. The maximum Gasteiger partial charge on any atom is 0.242 e. The highest BCUT2D eigenvalue weighted by Gasteiger charge is 2.13. The van der Waals surface area contributed by atoms with E-state index in [0.717, 1.165) is 17.9 Å². The van der Waals surface area contributed by atoms with E-state index >= 15 is 0 Å². The molecule has 1 aromatic rings. The molecule has 0 heterocycles. The van der Waals surface area contributed by atoms with Crippen molar-refractivity contribution in [2.24, 2.45) is 0 Å². The van der Waals surface area contributed by atoms with Gasteiger partial charge in [0, 0.05) is 20.3 Å². The van der Waals surface area contributed by atoms with Crippen LogP contribution in [0.15, 0.2) is 24.3 Å². The lowest BCUT2D eigenvalue weighted by Gasteiger charge is -2.17. The summed E-state index contributed by atoms with van der Waals surface area (Å²) in [6, 6.07) is 7.20. The number of nitrogens with one attached hydrogen (secondary N) is 2. The standard InChI is InChI=1S/C14H22N2O3/c1-11(14(17)15-9-6-10-18-2)16-12-7-4-5-8-13(12)19-3/h4-5,7-8,11,16H,6,9-10H2,1-3H3,(H,15,17). The van der Waals surface area contributed by atoms with Gasteiger partial charge < -0.3 is 20.1 Å². The van der Waals surface area contributed by atoms with Crippen molar-refractivity contribution < 1.29 is 14.3 Å². The van der Waals surface area contributed by atoms with Gasteiger partial charge in [0.25, 0.3) is 0 Å². The maximum atomic E-state index is 11.9. The van der Waals surface area contributed by atoms with E-state index < -0.39 is 0 Å². The first-order valence-corrected chi connectivity index (χ1v) is 6.35. The summed E-state index contributed by atoms with van der Waals surface area (Å²) < 4.78 is 10.2. The number of ether oxygens (including phenoxy) is 2. The van der Waals surface area contributed by atoms with Crippen LogP contribution in [0.1, 0.15) is 13.3 Å². The molecule has 0 aromatic heterocycles. The average Bonchev–Trinajstić information content (AvgIpc) is 2.44. The molecule has 0 aliphatic heterocycles. The molecule has 1 aromatic carbocycles. The minimum atomic E-state index is -0.321. The molecule has 0 aliphatic carbocycles. The predicted molar refractivity (Wildman–Crippen MR) is 75.6 cm³/mol. The molecule has 0 saturated carbocycles. The zero-order valence-electron chi connectivity index (χ0n) is 11.7. The van der Waals surface area contributed by atoms with E-state index in [1.165, 1.54) is 0 Å². The van der Waals surface area contributed by atoms with Crippen LogP contribution in [0, 0.1) is 0 Å². The maximum absolute atomic E-state index is 11.9. The summed E-state index contributed by atoms with van der Waals surface area (Å²) in [7, 11) is 3.25. The first kappa shape index (κ1) is 15.3. The van der Waals surface area contributed by atoms with Crippen LogP contribution in [0.5, 0.6) is 5.75 Å². The fourth-order valence-electron chi connectivity index (χ4n) is 1.64. The lowest BCUT2D eigenvalue weighted by molar-refractivity contribution is -0.121. The van der Waals surface area contributed by atoms with Crippen LogP contribution in [0.25, 0.3) is 0 Å². The van der Waals surface area contributed by atoms with Gasteiger partial charge in [0.15, 0.2) is 0 Å². The molecule has 1 rings (SSSR count). The highest BCUT2D eigenvalue weighted by molar-refractivity contribution is 5.84. The Morgan fingerprint density at radius 1 is 1.32 bits per heavy atom. The van der Waals surface area contributed by atoms with Crippen molar-refractivity contribution in [3.05, 3.63) is 24.3 Å². The van der Waals surface area contributed by atoms with E-state index in [4.69, 9.17) is 9.47 Å². The van der Waals surface area contributed by atoms with E-state index in [1.807, 2.05) is 31.2 Å². The first-order chi connectivity index (χ1) is 9.19. The van der Waals surface area contributed by atoms with Gasteiger partial charge in [0.05, 0.1) is 12.8 Å². The van der Waals surface area contributed by atoms with E-state index in [-0.39, 0.29) is 11.9 Å². The highest BCUT2D eigenvalue weighted by Crippen LogP contribution is 2.23. The fourth-order valence-corrected chi connectivity index (χ4v) is 1.64. The molecule has 0 saturated heterocycles. The summed E-state index contributed by atoms with van der Waals surface area (Å²) in [5, 5.41) is 5.99. The Kier molecular flexibility index (Phi) is 6.74. The highest BCUT2D eigenvalue weighted by atomic mass is 16.5. The molecule has 0 bridgehead atoms. The average molecular weight is 266 g/mol. The van der Waals surface area contributed by atoms with E-state index in [0.29, 0.717) is 13.2 Å². The number of carbonyl (C=O) groups excluding carboxylic acids is 1. The van der Waals surface area contributed by atoms with Crippen LogP contribution >= 0.6 is 0 Å². The summed E-state index contributed by atoms with van der Waals surface area (Å²) in [6.45, 7) is 3.08. The molecule has 5 heteroatoms. The number of carbonyl (C=O) groups is 1. The van der Waals surface area contributed by atoms with Crippen LogP contribution in [-0.2, 0) is 9.53 Å². The normalized spacial score (nSPS) is 11.7.